The average Bonchev–Trinajstić information content (AvgIpc) is 3.08. The van der Waals surface area contributed by atoms with Crippen molar-refractivity contribution in [2.45, 2.75) is 19.4 Å². The normalized spacial score (nSPS) is 18.5. The third kappa shape index (κ3) is 2.29. The van der Waals surface area contributed by atoms with Gasteiger partial charge in [0.15, 0.2) is 0 Å². The van der Waals surface area contributed by atoms with Gasteiger partial charge in [-0.3, -0.25) is 9.78 Å². The molecule has 0 bridgehead atoms. The van der Waals surface area contributed by atoms with Crippen LogP contribution in [0.25, 0.3) is 0 Å². The van der Waals surface area contributed by atoms with Gasteiger partial charge in [-0.2, -0.15) is 5.10 Å². The molecule has 1 aliphatic heterocycles. The molecule has 0 radical (unpaired) electrons. The third-order valence-electron chi connectivity index (χ3n) is 3.12. The number of hydrogen-bond acceptors (Lipinski definition) is 4. The van der Waals surface area contributed by atoms with Crippen molar-refractivity contribution in [1.82, 2.24) is 9.99 Å². The lowest BCUT2D eigenvalue weighted by Gasteiger charge is -2.18. The van der Waals surface area contributed by atoms with E-state index in [9.17, 15) is 4.79 Å². The molecule has 4 nitrogen and oxygen atoms in total. The van der Waals surface area contributed by atoms with Crippen LogP contribution in [0.3, 0.4) is 0 Å². The predicted octanol–water partition coefficient (Wildman–Crippen LogP) is 2.84. The maximum absolute atomic E-state index is 11.7. The molecular weight excluding hydrogens is 258 g/mol. The summed E-state index contributed by atoms with van der Waals surface area (Å²) in [6.45, 7) is 1.56. The molecular formula is C14H13N3OS. The monoisotopic (exact) mass is 271 g/mol. The first-order valence-electron chi connectivity index (χ1n) is 6.07. The van der Waals surface area contributed by atoms with Crippen LogP contribution in [0.15, 0.2) is 47.1 Å². The van der Waals surface area contributed by atoms with Gasteiger partial charge in [0.25, 0.3) is 0 Å². The van der Waals surface area contributed by atoms with E-state index >= 15 is 0 Å². The molecule has 0 fully saturated rings. The molecule has 0 aliphatic carbocycles. The van der Waals surface area contributed by atoms with E-state index in [1.165, 1.54) is 4.88 Å². The zero-order valence-corrected chi connectivity index (χ0v) is 11.3. The quantitative estimate of drug-likeness (QED) is 0.843. The topological polar surface area (TPSA) is 45.6 Å². The molecule has 0 spiro atoms. The zero-order valence-electron chi connectivity index (χ0n) is 10.5. The van der Waals surface area contributed by atoms with Crippen LogP contribution in [-0.4, -0.2) is 21.6 Å². The van der Waals surface area contributed by atoms with E-state index in [2.05, 4.69) is 16.2 Å². The molecule has 3 heterocycles. The van der Waals surface area contributed by atoms with Crippen LogP contribution in [0.2, 0.25) is 0 Å². The van der Waals surface area contributed by atoms with Crippen molar-refractivity contribution >= 4 is 23.0 Å². The Labute approximate surface area is 115 Å². The van der Waals surface area contributed by atoms with E-state index in [1.54, 1.807) is 35.7 Å². The molecule has 0 aromatic carbocycles. The minimum atomic E-state index is -0.0255. The third-order valence-corrected chi connectivity index (χ3v) is 4.09. The molecule has 2 aromatic heterocycles. The molecule has 0 saturated carbocycles. The van der Waals surface area contributed by atoms with Gasteiger partial charge >= 0.3 is 0 Å². The smallest absolute Gasteiger partial charge is 0.240 e. The van der Waals surface area contributed by atoms with Crippen LogP contribution in [-0.2, 0) is 4.79 Å². The van der Waals surface area contributed by atoms with Gasteiger partial charge < -0.3 is 0 Å². The Morgan fingerprint density at radius 2 is 2.16 bits per heavy atom. The minimum absolute atomic E-state index is 0.0255. The second-order valence-electron chi connectivity index (χ2n) is 4.38. The summed E-state index contributed by atoms with van der Waals surface area (Å²) in [5, 5.41) is 8.09. The molecule has 19 heavy (non-hydrogen) atoms. The van der Waals surface area contributed by atoms with Gasteiger partial charge in [0.2, 0.25) is 5.91 Å². The highest BCUT2D eigenvalue weighted by molar-refractivity contribution is 7.10. The Morgan fingerprint density at radius 1 is 1.37 bits per heavy atom. The molecule has 1 amide bonds. The van der Waals surface area contributed by atoms with Gasteiger partial charge in [0, 0.05) is 36.2 Å². The highest BCUT2D eigenvalue weighted by atomic mass is 32.1. The van der Waals surface area contributed by atoms with Crippen molar-refractivity contribution in [2.24, 2.45) is 5.10 Å². The van der Waals surface area contributed by atoms with Crippen LogP contribution < -0.4 is 0 Å². The summed E-state index contributed by atoms with van der Waals surface area (Å²) in [5.41, 5.74) is 1.97. The number of amides is 1. The first kappa shape index (κ1) is 12.0. The van der Waals surface area contributed by atoms with Gasteiger partial charge in [-0.1, -0.05) is 6.07 Å². The molecule has 1 unspecified atom stereocenters. The fourth-order valence-corrected chi connectivity index (χ4v) is 3.03. The standard InChI is InChI=1S/C14H13N3OS/c1-10(18)17-13(14-3-2-8-19-14)9-12(16-17)11-4-6-15-7-5-11/h2-8,13H,9H2,1H3. The molecule has 0 N–H and O–H groups in total. The maximum Gasteiger partial charge on any atom is 0.240 e. The maximum atomic E-state index is 11.7. The van der Waals surface area contributed by atoms with Crippen molar-refractivity contribution in [3.8, 4) is 0 Å². The van der Waals surface area contributed by atoms with E-state index in [-0.39, 0.29) is 11.9 Å². The average molecular weight is 271 g/mol. The van der Waals surface area contributed by atoms with E-state index in [4.69, 9.17) is 0 Å². The summed E-state index contributed by atoms with van der Waals surface area (Å²) in [5.74, 6) is -0.0255. The fraction of sp³-hybridized carbons (Fsp3) is 0.214. The van der Waals surface area contributed by atoms with Crippen LogP contribution in [0.1, 0.15) is 29.8 Å². The van der Waals surface area contributed by atoms with Gasteiger partial charge in [-0.05, 0) is 23.6 Å². The number of aromatic nitrogens is 1. The van der Waals surface area contributed by atoms with E-state index in [0.717, 1.165) is 17.7 Å². The Bertz CT molecular complexity index is 607. The van der Waals surface area contributed by atoms with Gasteiger partial charge in [-0.15, -0.1) is 11.3 Å². The second-order valence-corrected chi connectivity index (χ2v) is 5.36. The first-order chi connectivity index (χ1) is 9.25. The molecule has 2 aromatic rings. The van der Waals surface area contributed by atoms with Crippen LogP contribution in [0.5, 0.6) is 0 Å². The van der Waals surface area contributed by atoms with E-state index < -0.39 is 0 Å². The number of thiophene rings is 1. The van der Waals surface area contributed by atoms with Crippen molar-refractivity contribution < 1.29 is 4.79 Å². The lowest BCUT2D eigenvalue weighted by Crippen LogP contribution is -2.23. The van der Waals surface area contributed by atoms with Crippen LogP contribution in [0, 0.1) is 0 Å². The van der Waals surface area contributed by atoms with Crippen molar-refractivity contribution in [1.29, 1.82) is 0 Å². The van der Waals surface area contributed by atoms with Gasteiger partial charge in [0.1, 0.15) is 0 Å². The largest absolute Gasteiger partial charge is 0.273 e. The number of carbonyl (C=O) groups is 1. The number of pyridine rings is 1. The molecule has 1 aliphatic rings. The number of hydrazone groups is 1. The Balaban J connectivity index is 1.94. The zero-order chi connectivity index (χ0) is 13.2. The Morgan fingerprint density at radius 3 is 2.79 bits per heavy atom. The number of nitrogens with zero attached hydrogens (tertiary/aromatic N) is 3. The lowest BCUT2D eigenvalue weighted by atomic mass is 10.0. The highest BCUT2D eigenvalue weighted by Crippen LogP contribution is 2.34. The van der Waals surface area contributed by atoms with Gasteiger partial charge in [0.05, 0.1) is 11.8 Å². The van der Waals surface area contributed by atoms with E-state index in [0.29, 0.717) is 0 Å². The summed E-state index contributed by atoms with van der Waals surface area (Å²) in [6.07, 6.45) is 4.24. The number of hydrogen-bond donors (Lipinski definition) is 0. The summed E-state index contributed by atoms with van der Waals surface area (Å²) in [6, 6.07) is 7.93. The summed E-state index contributed by atoms with van der Waals surface area (Å²) < 4.78 is 0. The van der Waals surface area contributed by atoms with Crippen molar-refractivity contribution in [3.63, 3.8) is 0 Å². The highest BCUT2D eigenvalue weighted by Gasteiger charge is 2.31. The Hall–Kier alpha value is -2.01. The van der Waals surface area contributed by atoms with Crippen molar-refractivity contribution in [2.75, 3.05) is 0 Å². The van der Waals surface area contributed by atoms with Crippen LogP contribution in [0.4, 0.5) is 0 Å². The molecule has 3 rings (SSSR count). The first-order valence-corrected chi connectivity index (χ1v) is 6.95. The van der Waals surface area contributed by atoms with E-state index in [1.807, 2.05) is 23.6 Å². The second kappa shape index (κ2) is 4.93. The predicted molar refractivity (Wildman–Crippen MR) is 75.0 cm³/mol. The van der Waals surface area contributed by atoms with Crippen molar-refractivity contribution in [3.05, 3.63) is 52.5 Å². The molecule has 1 atom stereocenters. The summed E-state index contributed by atoms with van der Waals surface area (Å²) in [7, 11) is 0. The Kier molecular flexibility index (Phi) is 3.13. The molecule has 0 saturated heterocycles. The lowest BCUT2D eigenvalue weighted by molar-refractivity contribution is -0.130. The summed E-state index contributed by atoms with van der Waals surface area (Å²) >= 11 is 1.66. The van der Waals surface area contributed by atoms with Crippen LogP contribution >= 0.6 is 11.3 Å². The molecule has 5 heteroatoms. The van der Waals surface area contributed by atoms with Gasteiger partial charge in [-0.25, -0.2) is 5.01 Å². The minimum Gasteiger partial charge on any atom is -0.273 e. The number of rotatable bonds is 2. The fourth-order valence-electron chi connectivity index (χ4n) is 2.22. The molecule has 96 valence electrons. The number of carbonyl (C=O) groups excluding carboxylic acids is 1. The summed E-state index contributed by atoms with van der Waals surface area (Å²) in [4.78, 5) is 16.9. The SMILES string of the molecule is CC(=O)N1N=C(c2ccncc2)CC1c1cccs1.